The van der Waals surface area contributed by atoms with Crippen LogP contribution in [-0.2, 0) is 14.8 Å². The van der Waals surface area contributed by atoms with Crippen molar-refractivity contribution in [1.29, 1.82) is 0 Å². The van der Waals surface area contributed by atoms with Crippen LogP contribution in [0.25, 0.3) is 0 Å². The maximum absolute atomic E-state index is 12.3. The Morgan fingerprint density at radius 1 is 1.24 bits per heavy atom. The molecule has 0 heterocycles. The normalized spacial score (nSPS) is 13.4. The Labute approximate surface area is 125 Å². The summed E-state index contributed by atoms with van der Waals surface area (Å²) in [7, 11) is -2.59. The lowest BCUT2D eigenvalue weighted by Crippen LogP contribution is -2.40. The molecule has 0 amide bonds. The smallest absolute Gasteiger partial charge is 0.321 e. The maximum Gasteiger partial charge on any atom is 0.321 e. The molecule has 1 atom stereocenters. The quantitative estimate of drug-likeness (QED) is 0.829. The fraction of sp³-hybridized carbons (Fsp3) is 0.500. The standard InChI is InChI=1S/C14H21NO5S/c1-10(2)9-20-12-5-7-13(8-6-12)21(18,19)15(4)11(3)14(16)17/h5-8,10-11H,9H2,1-4H3,(H,16,17). The van der Waals surface area contributed by atoms with E-state index in [-0.39, 0.29) is 4.90 Å². The molecule has 1 N–H and O–H groups in total. The second-order valence-corrected chi connectivity index (χ2v) is 7.21. The van der Waals surface area contributed by atoms with Crippen LogP contribution < -0.4 is 4.74 Å². The van der Waals surface area contributed by atoms with Gasteiger partial charge in [-0.1, -0.05) is 13.8 Å². The molecule has 0 aromatic heterocycles. The summed E-state index contributed by atoms with van der Waals surface area (Å²) in [6.07, 6.45) is 0. The van der Waals surface area contributed by atoms with Gasteiger partial charge >= 0.3 is 5.97 Å². The molecule has 0 saturated heterocycles. The second-order valence-electron chi connectivity index (χ2n) is 5.21. The van der Waals surface area contributed by atoms with E-state index in [0.29, 0.717) is 18.3 Å². The van der Waals surface area contributed by atoms with Crippen molar-refractivity contribution >= 4 is 16.0 Å². The van der Waals surface area contributed by atoms with Gasteiger partial charge in [-0.05, 0) is 37.1 Å². The van der Waals surface area contributed by atoms with Gasteiger partial charge < -0.3 is 9.84 Å². The van der Waals surface area contributed by atoms with E-state index < -0.39 is 22.0 Å². The zero-order valence-electron chi connectivity index (χ0n) is 12.6. The van der Waals surface area contributed by atoms with Crippen LogP contribution in [0.5, 0.6) is 5.75 Å². The third-order valence-corrected chi connectivity index (χ3v) is 4.93. The lowest BCUT2D eigenvalue weighted by atomic mass is 10.2. The molecule has 1 aromatic rings. The van der Waals surface area contributed by atoms with E-state index in [1.807, 2.05) is 13.8 Å². The zero-order chi connectivity index (χ0) is 16.2. The average molecular weight is 315 g/mol. The van der Waals surface area contributed by atoms with Crippen molar-refractivity contribution in [3.63, 3.8) is 0 Å². The van der Waals surface area contributed by atoms with Gasteiger partial charge in [0.05, 0.1) is 11.5 Å². The number of hydrogen-bond donors (Lipinski definition) is 1. The van der Waals surface area contributed by atoms with Gasteiger partial charge in [-0.3, -0.25) is 4.79 Å². The van der Waals surface area contributed by atoms with Gasteiger partial charge in [-0.2, -0.15) is 4.31 Å². The first-order valence-corrected chi connectivity index (χ1v) is 8.04. The summed E-state index contributed by atoms with van der Waals surface area (Å²) >= 11 is 0. The molecular weight excluding hydrogens is 294 g/mol. The van der Waals surface area contributed by atoms with Gasteiger partial charge in [0.15, 0.2) is 0 Å². The molecule has 0 bridgehead atoms. The largest absolute Gasteiger partial charge is 0.493 e. The summed E-state index contributed by atoms with van der Waals surface area (Å²) < 4.78 is 30.9. The van der Waals surface area contributed by atoms with Crippen molar-refractivity contribution in [3.8, 4) is 5.75 Å². The van der Waals surface area contributed by atoms with Crippen molar-refractivity contribution in [2.24, 2.45) is 5.92 Å². The summed E-state index contributed by atoms with van der Waals surface area (Å²) in [5, 5.41) is 8.90. The molecule has 0 aliphatic carbocycles. The molecule has 0 aliphatic heterocycles. The highest BCUT2D eigenvalue weighted by molar-refractivity contribution is 7.89. The highest BCUT2D eigenvalue weighted by Crippen LogP contribution is 2.20. The SMILES string of the molecule is CC(C)COc1ccc(S(=O)(=O)N(C)C(C)C(=O)O)cc1. The highest BCUT2D eigenvalue weighted by atomic mass is 32.2. The number of likely N-dealkylation sites (N-methyl/N-ethyl adjacent to an activating group) is 1. The van der Waals surface area contributed by atoms with Crippen molar-refractivity contribution in [2.75, 3.05) is 13.7 Å². The second kappa shape index (κ2) is 6.91. The molecule has 0 saturated carbocycles. The number of carboxylic acid groups (broad SMARTS) is 1. The van der Waals surface area contributed by atoms with Gasteiger partial charge in [0.25, 0.3) is 0 Å². The molecule has 1 rings (SSSR count). The number of benzene rings is 1. The monoisotopic (exact) mass is 315 g/mol. The van der Waals surface area contributed by atoms with E-state index in [2.05, 4.69) is 0 Å². The number of ether oxygens (including phenoxy) is 1. The minimum Gasteiger partial charge on any atom is -0.493 e. The van der Waals surface area contributed by atoms with Gasteiger partial charge in [-0.25, -0.2) is 8.42 Å². The van der Waals surface area contributed by atoms with E-state index in [0.717, 1.165) is 4.31 Å². The Hall–Kier alpha value is -1.60. The third-order valence-electron chi connectivity index (χ3n) is 2.99. The van der Waals surface area contributed by atoms with Crippen LogP contribution in [0.1, 0.15) is 20.8 Å². The summed E-state index contributed by atoms with van der Waals surface area (Å²) in [5.74, 6) is -0.245. The molecule has 0 radical (unpaired) electrons. The molecule has 0 fully saturated rings. The average Bonchev–Trinajstić information content (AvgIpc) is 2.43. The van der Waals surface area contributed by atoms with Crippen LogP contribution in [0.2, 0.25) is 0 Å². The Morgan fingerprint density at radius 3 is 2.19 bits per heavy atom. The lowest BCUT2D eigenvalue weighted by molar-refractivity contribution is -0.140. The molecule has 21 heavy (non-hydrogen) atoms. The fourth-order valence-corrected chi connectivity index (χ4v) is 2.82. The Balaban J connectivity index is 2.92. The van der Waals surface area contributed by atoms with Crippen molar-refractivity contribution in [1.82, 2.24) is 4.31 Å². The Morgan fingerprint density at radius 2 is 1.76 bits per heavy atom. The van der Waals surface area contributed by atoms with Gasteiger partial charge in [-0.15, -0.1) is 0 Å². The zero-order valence-corrected chi connectivity index (χ0v) is 13.4. The summed E-state index contributed by atoms with van der Waals surface area (Å²) in [6, 6.07) is 4.82. The molecule has 6 nitrogen and oxygen atoms in total. The number of nitrogens with zero attached hydrogens (tertiary/aromatic N) is 1. The van der Waals surface area contributed by atoms with E-state index in [4.69, 9.17) is 9.84 Å². The fourth-order valence-electron chi connectivity index (χ4n) is 1.50. The first-order valence-electron chi connectivity index (χ1n) is 6.60. The summed E-state index contributed by atoms with van der Waals surface area (Å²) in [5.41, 5.74) is 0. The number of sulfonamides is 1. The van der Waals surface area contributed by atoms with Gasteiger partial charge in [0, 0.05) is 7.05 Å². The van der Waals surface area contributed by atoms with Gasteiger partial charge in [0.1, 0.15) is 11.8 Å². The number of hydrogen-bond acceptors (Lipinski definition) is 4. The van der Waals surface area contributed by atoms with Crippen LogP contribution in [-0.4, -0.2) is 43.5 Å². The lowest BCUT2D eigenvalue weighted by Gasteiger charge is -2.21. The highest BCUT2D eigenvalue weighted by Gasteiger charge is 2.29. The topological polar surface area (TPSA) is 83.9 Å². The molecule has 0 aliphatic rings. The number of carbonyl (C=O) groups is 1. The Bertz CT molecular complexity index is 580. The predicted octanol–water partition coefficient (Wildman–Crippen LogP) is 1.81. The molecule has 7 heteroatoms. The van der Waals surface area contributed by atoms with E-state index in [1.165, 1.54) is 26.1 Å². The first-order chi connectivity index (χ1) is 9.66. The van der Waals surface area contributed by atoms with Crippen LogP contribution in [0.4, 0.5) is 0 Å². The van der Waals surface area contributed by atoms with Gasteiger partial charge in [0.2, 0.25) is 10.0 Å². The molecular formula is C14H21NO5S. The summed E-state index contributed by atoms with van der Waals surface area (Å²) in [6.45, 7) is 5.89. The first kappa shape index (κ1) is 17.5. The number of carboxylic acids is 1. The predicted molar refractivity (Wildman–Crippen MR) is 78.8 cm³/mol. The molecule has 1 unspecified atom stereocenters. The van der Waals surface area contributed by atoms with Crippen LogP contribution in [0, 0.1) is 5.92 Å². The minimum absolute atomic E-state index is 0.0370. The van der Waals surface area contributed by atoms with Crippen LogP contribution in [0.3, 0.4) is 0 Å². The van der Waals surface area contributed by atoms with Crippen LogP contribution >= 0.6 is 0 Å². The number of rotatable bonds is 7. The maximum atomic E-state index is 12.3. The molecule has 0 spiro atoms. The molecule has 118 valence electrons. The minimum atomic E-state index is -3.83. The van der Waals surface area contributed by atoms with E-state index in [1.54, 1.807) is 12.1 Å². The van der Waals surface area contributed by atoms with Crippen molar-refractivity contribution < 1.29 is 23.1 Å². The van der Waals surface area contributed by atoms with Crippen LogP contribution in [0.15, 0.2) is 29.2 Å². The Kier molecular flexibility index (Phi) is 5.74. The van der Waals surface area contributed by atoms with Crippen molar-refractivity contribution in [2.45, 2.75) is 31.7 Å². The van der Waals surface area contributed by atoms with E-state index >= 15 is 0 Å². The van der Waals surface area contributed by atoms with E-state index in [9.17, 15) is 13.2 Å². The molecule has 1 aromatic carbocycles. The number of aliphatic carboxylic acids is 1. The summed E-state index contributed by atoms with van der Waals surface area (Å²) in [4.78, 5) is 10.9. The third kappa shape index (κ3) is 4.44. The van der Waals surface area contributed by atoms with Crippen molar-refractivity contribution in [3.05, 3.63) is 24.3 Å².